The molecule has 1 aromatic heterocycles. The molecule has 1 N–H and O–H groups in total. The summed E-state index contributed by atoms with van der Waals surface area (Å²) >= 11 is 0. The van der Waals surface area contributed by atoms with E-state index in [2.05, 4.69) is 10.2 Å². The first-order valence-electron chi connectivity index (χ1n) is 6.81. The van der Waals surface area contributed by atoms with Gasteiger partial charge in [-0.3, -0.25) is 15.0 Å². The summed E-state index contributed by atoms with van der Waals surface area (Å²) < 4.78 is 5.03. The normalized spacial score (nSPS) is 10.8. The number of hydrogen-bond acceptors (Lipinski definition) is 5. The van der Waals surface area contributed by atoms with E-state index in [9.17, 15) is 10.1 Å². The minimum absolute atomic E-state index is 0.117. The number of rotatable bonds is 7. The fraction of sp³-hybridized carbons (Fsp3) is 0.333. The highest BCUT2D eigenvalue weighted by Crippen LogP contribution is 2.26. The molecule has 6 heteroatoms. The van der Waals surface area contributed by atoms with E-state index in [4.69, 9.17) is 4.42 Å². The monoisotopic (exact) mass is 289 g/mol. The molecule has 21 heavy (non-hydrogen) atoms. The lowest BCUT2D eigenvalue weighted by Gasteiger charge is -2.16. The summed E-state index contributed by atoms with van der Waals surface area (Å²) in [6, 6.07) is 7.22. The second kappa shape index (κ2) is 6.90. The van der Waals surface area contributed by atoms with E-state index in [1.54, 1.807) is 24.7 Å². The van der Waals surface area contributed by atoms with Crippen LogP contribution in [0.3, 0.4) is 0 Å². The number of benzene rings is 1. The SMILES string of the molecule is CCNc1ccc(CN(C)Cc2ccoc2)cc1[N+](=O)[O-]. The second-order valence-electron chi connectivity index (χ2n) is 4.94. The summed E-state index contributed by atoms with van der Waals surface area (Å²) in [5.41, 5.74) is 2.67. The maximum absolute atomic E-state index is 11.1. The summed E-state index contributed by atoms with van der Waals surface area (Å²) in [7, 11) is 1.97. The van der Waals surface area contributed by atoms with Crippen molar-refractivity contribution in [3.8, 4) is 0 Å². The number of hydrogen-bond donors (Lipinski definition) is 1. The quantitative estimate of drug-likeness (QED) is 0.625. The number of nitrogens with one attached hydrogen (secondary N) is 1. The van der Waals surface area contributed by atoms with Gasteiger partial charge in [-0.1, -0.05) is 6.07 Å². The topological polar surface area (TPSA) is 71.5 Å². The minimum atomic E-state index is -0.350. The van der Waals surface area contributed by atoms with Gasteiger partial charge in [0.1, 0.15) is 5.69 Å². The molecule has 0 aliphatic rings. The molecule has 2 rings (SSSR count). The molecule has 0 aliphatic heterocycles. The van der Waals surface area contributed by atoms with Crippen LogP contribution in [0.2, 0.25) is 0 Å². The van der Waals surface area contributed by atoms with Crippen LogP contribution in [0.25, 0.3) is 0 Å². The standard InChI is InChI=1S/C15H19N3O3/c1-3-16-14-5-4-12(8-15(14)18(19)20)9-17(2)10-13-6-7-21-11-13/h4-8,11,16H,3,9-10H2,1-2H3. The molecule has 0 spiro atoms. The van der Waals surface area contributed by atoms with Crippen LogP contribution in [0.5, 0.6) is 0 Å². The van der Waals surface area contributed by atoms with Crippen molar-refractivity contribution in [1.29, 1.82) is 0 Å². The van der Waals surface area contributed by atoms with Gasteiger partial charge in [0.25, 0.3) is 5.69 Å². The van der Waals surface area contributed by atoms with Crippen molar-refractivity contribution in [2.75, 3.05) is 18.9 Å². The maximum atomic E-state index is 11.1. The molecule has 0 fully saturated rings. The van der Waals surface area contributed by atoms with Gasteiger partial charge in [0.05, 0.1) is 17.4 Å². The number of furan rings is 1. The van der Waals surface area contributed by atoms with Crippen LogP contribution in [-0.2, 0) is 13.1 Å². The molecule has 1 aromatic carbocycles. The Bertz CT molecular complexity index is 596. The van der Waals surface area contributed by atoms with E-state index < -0.39 is 0 Å². The Hall–Kier alpha value is -2.34. The van der Waals surface area contributed by atoms with Crippen molar-refractivity contribution in [3.05, 3.63) is 58.0 Å². The Balaban J connectivity index is 2.09. The third kappa shape index (κ3) is 4.06. The van der Waals surface area contributed by atoms with Gasteiger partial charge in [-0.15, -0.1) is 0 Å². The molecule has 2 aromatic rings. The van der Waals surface area contributed by atoms with Crippen LogP contribution in [0.15, 0.2) is 41.2 Å². The van der Waals surface area contributed by atoms with Crippen LogP contribution >= 0.6 is 0 Å². The van der Waals surface area contributed by atoms with Gasteiger partial charge in [-0.2, -0.15) is 0 Å². The third-order valence-corrected chi connectivity index (χ3v) is 3.11. The molecular formula is C15H19N3O3. The third-order valence-electron chi connectivity index (χ3n) is 3.11. The molecule has 1 heterocycles. The molecule has 0 aliphatic carbocycles. The Kier molecular flexibility index (Phi) is 4.94. The lowest BCUT2D eigenvalue weighted by molar-refractivity contribution is -0.384. The zero-order chi connectivity index (χ0) is 15.2. The molecule has 0 atom stereocenters. The van der Waals surface area contributed by atoms with E-state index >= 15 is 0 Å². The van der Waals surface area contributed by atoms with E-state index in [1.807, 2.05) is 26.1 Å². The average Bonchev–Trinajstić information content (AvgIpc) is 2.93. The van der Waals surface area contributed by atoms with Gasteiger partial charge in [-0.25, -0.2) is 0 Å². The first-order valence-corrected chi connectivity index (χ1v) is 6.81. The molecule has 0 bridgehead atoms. The van der Waals surface area contributed by atoms with E-state index in [1.165, 1.54) is 0 Å². The van der Waals surface area contributed by atoms with Gasteiger partial charge in [0, 0.05) is 31.3 Å². The molecule has 6 nitrogen and oxygen atoms in total. The molecule has 112 valence electrons. The van der Waals surface area contributed by atoms with Gasteiger partial charge < -0.3 is 9.73 Å². The molecule has 0 saturated carbocycles. The van der Waals surface area contributed by atoms with Crippen molar-refractivity contribution < 1.29 is 9.34 Å². The lowest BCUT2D eigenvalue weighted by atomic mass is 10.1. The first-order chi connectivity index (χ1) is 10.1. The largest absolute Gasteiger partial charge is 0.472 e. The highest BCUT2D eigenvalue weighted by Gasteiger charge is 2.14. The van der Waals surface area contributed by atoms with Crippen molar-refractivity contribution in [2.24, 2.45) is 0 Å². The predicted octanol–water partition coefficient (Wildman–Crippen LogP) is 3.25. The minimum Gasteiger partial charge on any atom is -0.472 e. The zero-order valence-corrected chi connectivity index (χ0v) is 12.2. The first kappa shape index (κ1) is 15.1. The Morgan fingerprint density at radius 1 is 1.29 bits per heavy atom. The number of anilines is 1. The summed E-state index contributed by atoms with van der Waals surface area (Å²) in [5, 5.41) is 14.1. The number of nitro benzene ring substituents is 1. The lowest BCUT2D eigenvalue weighted by Crippen LogP contribution is -2.17. The average molecular weight is 289 g/mol. The molecular weight excluding hydrogens is 270 g/mol. The van der Waals surface area contributed by atoms with Gasteiger partial charge >= 0.3 is 0 Å². The van der Waals surface area contributed by atoms with Gasteiger partial charge in [-0.05, 0) is 31.7 Å². The van der Waals surface area contributed by atoms with Crippen LogP contribution < -0.4 is 5.32 Å². The summed E-state index contributed by atoms with van der Waals surface area (Å²) in [6.07, 6.45) is 3.34. The predicted molar refractivity (Wildman–Crippen MR) is 81.1 cm³/mol. The van der Waals surface area contributed by atoms with E-state index in [0.29, 0.717) is 18.8 Å². The summed E-state index contributed by atoms with van der Waals surface area (Å²) in [6.45, 7) is 3.94. The summed E-state index contributed by atoms with van der Waals surface area (Å²) in [4.78, 5) is 12.9. The molecule has 0 radical (unpaired) electrons. The Morgan fingerprint density at radius 2 is 2.05 bits per heavy atom. The van der Waals surface area contributed by atoms with Crippen LogP contribution in [-0.4, -0.2) is 23.4 Å². The van der Waals surface area contributed by atoms with Crippen molar-refractivity contribution in [2.45, 2.75) is 20.0 Å². The highest BCUT2D eigenvalue weighted by atomic mass is 16.6. The number of nitro groups is 1. The maximum Gasteiger partial charge on any atom is 0.292 e. The van der Waals surface area contributed by atoms with E-state index in [0.717, 1.165) is 17.7 Å². The van der Waals surface area contributed by atoms with Gasteiger partial charge in [0.2, 0.25) is 0 Å². The Morgan fingerprint density at radius 3 is 2.67 bits per heavy atom. The van der Waals surface area contributed by atoms with Crippen LogP contribution in [0.4, 0.5) is 11.4 Å². The van der Waals surface area contributed by atoms with Crippen molar-refractivity contribution in [3.63, 3.8) is 0 Å². The van der Waals surface area contributed by atoms with Gasteiger partial charge in [0.15, 0.2) is 0 Å². The van der Waals surface area contributed by atoms with E-state index in [-0.39, 0.29) is 10.6 Å². The molecule has 0 saturated heterocycles. The van der Waals surface area contributed by atoms with Crippen molar-refractivity contribution >= 4 is 11.4 Å². The Labute approximate surface area is 123 Å². The van der Waals surface area contributed by atoms with Crippen LogP contribution in [0.1, 0.15) is 18.1 Å². The fourth-order valence-electron chi connectivity index (χ4n) is 2.23. The fourth-order valence-corrected chi connectivity index (χ4v) is 2.23. The molecule has 0 amide bonds. The molecule has 0 unspecified atom stereocenters. The second-order valence-corrected chi connectivity index (χ2v) is 4.94. The van der Waals surface area contributed by atoms with Crippen molar-refractivity contribution in [1.82, 2.24) is 4.90 Å². The number of nitrogens with zero attached hydrogens (tertiary/aromatic N) is 2. The van der Waals surface area contributed by atoms with Crippen LogP contribution in [0, 0.1) is 10.1 Å². The smallest absolute Gasteiger partial charge is 0.292 e. The summed E-state index contributed by atoms with van der Waals surface area (Å²) in [5.74, 6) is 0. The zero-order valence-electron chi connectivity index (χ0n) is 12.2. The highest BCUT2D eigenvalue weighted by molar-refractivity contribution is 5.62.